The van der Waals surface area contributed by atoms with E-state index in [0.29, 0.717) is 11.4 Å². The van der Waals surface area contributed by atoms with E-state index in [2.05, 4.69) is 4.98 Å². The van der Waals surface area contributed by atoms with E-state index < -0.39 is 0 Å². The summed E-state index contributed by atoms with van der Waals surface area (Å²) in [6.45, 7) is 3.94. The van der Waals surface area contributed by atoms with Crippen LogP contribution in [0.1, 0.15) is 15.6 Å². The van der Waals surface area contributed by atoms with Crippen molar-refractivity contribution in [3.05, 3.63) is 27.8 Å². The second kappa shape index (κ2) is 4.35. The lowest BCUT2D eigenvalue weighted by Crippen LogP contribution is -2.10. The molecular weight excluding hydrogens is 240 g/mol. The summed E-state index contributed by atoms with van der Waals surface area (Å²) in [5.41, 5.74) is 6.39. The quantitative estimate of drug-likeness (QED) is 0.853. The van der Waals surface area contributed by atoms with Gasteiger partial charge in [0, 0.05) is 11.3 Å². The topological polar surface area (TPSA) is 52.0 Å². The Kier molecular flexibility index (Phi) is 3.07. The first-order valence-corrected chi connectivity index (χ1v) is 6.10. The van der Waals surface area contributed by atoms with Gasteiger partial charge < -0.3 is 10.2 Å². The zero-order chi connectivity index (χ0) is 11.7. The summed E-state index contributed by atoms with van der Waals surface area (Å²) in [6, 6.07) is 3.86. The third kappa shape index (κ3) is 2.31. The smallest absolute Gasteiger partial charge is 0.153 e. The average molecular weight is 252 g/mol. The summed E-state index contributed by atoms with van der Waals surface area (Å²) in [5, 5.41) is 0.939. The number of rotatable bonds is 3. The van der Waals surface area contributed by atoms with Crippen molar-refractivity contribution in [1.82, 2.24) is 4.98 Å². The molecule has 0 aliphatic carbocycles. The van der Waals surface area contributed by atoms with Gasteiger partial charge in [0.05, 0.1) is 4.99 Å². The molecule has 0 unspecified atom stereocenters. The molecule has 2 N–H and O–H groups in total. The van der Waals surface area contributed by atoms with E-state index in [0.717, 1.165) is 27.1 Å². The Morgan fingerprint density at radius 2 is 2.25 bits per heavy atom. The fourth-order valence-corrected chi connectivity index (χ4v) is 2.66. The fourth-order valence-electron chi connectivity index (χ4n) is 1.47. The van der Waals surface area contributed by atoms with Gasteiger partial charge in [0.1, 0.15) is 16.5 Å². The van der Waals surface area contributed by atoms with E-state index >= 15 is 0 Å². The molecule has 2 aromatic rings. The van der Waals surface area contributed by atoms with E-state index in [9.17, 15) is 0 Å². The monoisotopic (exact) mass is 252 g/mol. The summed E-state index contributed by atoms with van der Waals surface area (Å²) in [4.78, 5) is 6.08. The maximum absolute atomic E-state index is 5.55. The largest absolute Gasteiger partial charge is 0.460 e. The molecule has 0 bridgehead atoms. The highest BCUT2D eigenvalue weighted by molar-refractivity contribution is 7.80. The van der Waals surface area contributed by atoms with Crippen LogP contribution in [0.5, 0.6) is 0 Å². The van der Waals surface area contributed by atoms with E-state index in [1.807, 2.05) is 26.0 Å². The summed E-state index contributed by atoms with van der Waals surface area (Å²) in [7, 11) is 0. The van der Waals surface area contributed by atoms with Crippen molar-refractivity contribution in [1.29, 1.82) is 0 Å². The van der Waals surface area contributed by atoms with E-state index in [-0.39, 0.29) is 0 Å². The minimum atomic E-state index is 0.468. The lowest BCUT2D eigenvalue weighted by Gasteiger charge is -1.92. The molecule has 0 radical (unpaired) electrons. The normalized spacial score (nSPS) is 10.6. The van der Waals surface area contributed by atoms with Gasteiger partial charge in [-0.3, -0.25) is 0 Å². The van der Waals surface area contributed by atoms with E-state index in [1.54, 1.807) is 11.3 Å². The Labute approximate surface area is 103 Å². The molecule has 84 valence electrons. The molecule has 0 aromatic carbocycles. The Hall–Kier alpha value is -1.20. The molecule has 0 amide bonds. The highest BCUT2D eigenvalue weighted by atomic mass is 32.1. The van der Waals surface area contributed by atoms with Crippen LogP contribution in [0.2, 0.25) is 0 Å². The molecule has 0 fully saturated rings. The SMILES string of the molecule is Cc1ccc(-c2nc(CC(N)=S)sc2C)o1. The lowest BCUT2D eigenvalue weighted by atomic mass is 10.3. The Balaban J connectivity index is 2.35. The van der Waals surface area contributed by atoms with E-state index in [4.69, 9.17) is 22.4 Å². The first-order valence-electron chi connectivity index (χ1n) is 4.87. The minimum Gasteiger partial charge on any atom is -0.460 e. The van der Waals surface area contributed by atoms with Crippen LogP contribution in [0.4, 0.5) is 0 Å². The molecule has 0 aliphatic heterocycles. The fraction of sp³-hybridized carbons (Fsp3) is 0.273. The predicted molar refractivity (Wildman–Crippen MR) is 69.8 cm³/mol. The van der Waals surface area contributed by atoms with Gasteiger partial charge in [-0.05, 0) is 26.0 Å². The summed E-state index contributed by atoms with van der Waals surface area (Å²) in [5.74, 6) is 1.69. The van der Waals surface area contributed by atoms with Crippen molar-refractivity contribution in [3.63, 3.8) is 0 Å². The van der Waals surface area contributed by atoms with Crippen molar-refractivity contribution >= 4 is 28.5 Å². The molecule has 5 heteroatoms. The Bertz CT molecular complexity index is 528. The maximum atomic E-state index is 5.55. The van der Waals surface area contributed by atoms with Crippen LogP contribution < -0.4 is 5.73 Å². The molecule has 3 nitrogen and oxygen atoms in total. The number of hydrogen-bond donors (Lipinski definition) is 1. The van der Waals surface area contributed by atoms with Crippen molar-refractivity contribution in [2.24, 2.45) is 5.73 Å². The zero-order valence-corrected chi connectivity index (χ0v) is 10.7. The van der Waals surface area contributed by atoms with Crippen LogP contribution in [0.15, 0.2) is 16.5 Å². The average Bonchev–Trinajstić information content (AvgIpc) is 2.72. The van der Waals surface area contributed by atoms with Gasteiger partial charge in [0.15, 0.2) is 5.76 Å². The van der Waals surface area contributed by atoms with Crippen LogP contribution in [0, 0.1) is 13.8 Å². The molecule has 0 saturated heterocycles. The zero-order valence-electron chi connectivity index (χ0n) is 9.11. The van der Waals surface area contributed by atoms with Crippen LogP contribution in [-0.4, -0.2) is 9.97 Å². The molecule has 2 heterocycles. The minimum absolute atomic E-state index is 0.468. The second-order valence-corrected chi connectivity index (χ2v) is 5.38. The van der Waals surface area contributed by atoms with Crippen molar-refractivity contribution in [2.75, 3.05) is 0 Å². The third-order valence-electron chi connectivity index (χ3n) is 2.14. The standard InChI is InChI=1S/C11H12N2OS2/c1-6-3-4-8(14-6)11-7(2)16-10(13-11)5-9(12)15/h3-4H,5H2,1-2H3,(H2,12,15). The van der Waals surface area contributed by atoms with Gasteiger partial charge in [-0.15, -0.1) is 11.3 Å². The molecule has 0 spiro atoms. The molecule has 0 atom stereocenters. The van der Waals surface area contributed by atoms with Gasteiger partial charge in [0.25, 0.3) is 0 Å². The number of thiazole rings is 1. The molecule has 2 aromatic heterocycles. The van der Waals surface area contributed by atoms with Crippen LogP contribution in [0.3, 0.4) is 0 Å². The summed E-state index contributed by atoms with van der Waals surface area (Å²) < 4.78 is 5.55. The molecule has 0 aliphatic rings. The van der Waals surface area contributed by atoms with Gasteiger partial charge in [-0.2, -0.15) is 0 Å². The molecular formula is C11H12N2OS2. The van der Waals surface area contributed by atoms with Crippen LogP contribution in [0.25, 0.3) is 11.5 Å². The second-order valence-electron chi connectivity index (χ2n) is 3.57. The number of furan rings is 1. The first kappa shape index (κ1) is 11.3. The van der Waals surface area contributed by atoms with Gasteiger partial charge >= 0.3 is 0 Å². The number of aryl methyl sites for hydroxylation is 2. The Morgan fingerprint density at radius 3 is 2.81 bits per heavy atom. The number of aromatic nitrogens is 1. The van der Waals surface area contributed by atoms with Gasteiger partial charge in [0.2, 0.25) is 0 Å². The van der Waals surface area contributed by atoms with Crippen LogP contribution in [-0.2, 0) is 6.42 Å². The molecule has 16 heavy (non-hydrogen) atoms. The van der Waals surface area contributed by atoms with Gasteiger partial charge in [-0.1, -0.05) is 12.2 Å². The van der Waals surface area contributed by atoms with E-state index in [1.165, 1.54) is 0 Å². The third-order valence-corrected chi connectivity index (χ3v) is 3.26. The molecule has 0 saturated carbocycles. The lowest BCUT2D eigenvalue weighted by molar-refractivity contribution is 0.546. The number of thiocarbonyl (C=S) groups is 1. The number of nitrogens with two attached hydrogens (primary N) is 1. The number of nitrogens with zero attached hydrogens (tertiary/aromatic N) is 1. The highest BCUT2D eigenvalue weighted by Crippen LogP contribution is 2.28. The summed E-state index contributed by atoms with van der Waals surface area (Å²) >= 11 is 6.48. The highest BCUT2D eigenvalue weighted by Gasteiger charge is 2.13. The van der Waals surface area contributed by atoms with Crippen molar-refractivity contribution < 1.29 is 4.42 Å². The maximum Gasteiger partial charge on any atom is 0.153 e. The first-order chi connectivity index (χ1) is 7.56. The van der Waals surface area contributed by atoms with Crippen molar-refractivity contribution in [3.8, 4) is 11.5 Å². The summed E-state index contributed by atoms with van der Waals surface area (Å²) in [6.07, 6.45) is 0.556. The Morgan fingerprint density at radius 1 is 1.50 bits per heavy atom. The molecule has 2 rings (SSSR count). The van der Waals surface area contributed by atoms with Gasteiger partial charge in [-0.25, -0.2) is 4.98 Å². The predicted octanol–water partition coefficient (Wildman–Crippen LogP) is 2.85. The van der Waals surface area contributed by atoms with Crippen molar-refractivity contribution in [2.45, 2.75) is 20.3 Å². The van der Waals surface area contributed by atoms with Crippen LogP contribution >= 0.6 is 23.6 Å². The number of hydrogen-bond acceptors (Lipinski definition) is 4.